The molecule has 0 bridgehead atoms. The molecular weight excluding hydrogens is 302 g/mol. The summed E-state index contributed by atoms with van der Waals surface area (Å²) in [6.07, 6.45) is 2.86. The quantitative estimate of drug-likeness (QED) is 0.880. The van der Waals surface area contributed by atoms with E-state index >= 15 is 0 Å². The molecule has 0 saturated carbocycles. The summed E-state index contributed by atoms with van der Waals surface area (Å²) in [6.45, 7) is 3.74. The van der Waals surface area contributed by atoms with E-state index in [1.807, 2.05) is 19.1 Å². The van der Waals surface area contributed by atoms with E-state index in [4.69, 9.17) is 16.0 Å². The predicted octanol–water partition coefficient (Wildman–Crippen LogP) is 2.97. The number of nitrogens with zero attached hydrogens (tertiary/aromatic N) is 1. The molecule has 1 aromatic carbocycles. The summed E-state index contributed by atoms with van der Waals surface area (Å²) in [5, 5.41) is 11.0. The van der Waals surface area contributed by atoms with Crippen LogP contribution in [0.15, 0.2) is 27.4 Å². The second-order valence-corrected chi connectivity index (χ2v) is 6.24. The van der Waals surface area contributed by atoms with Crippen LogP contribution < -0.4 is 5.63 Å². The molecule has 1 saturated heterocycles. The molecule has 1 atom stereocenters. The van der Waals surface area contributed by atoms with Gasteiger partial charge in [-0.3, -0.25) is 4.90 Å². The lowest BCUT2D eigenvalue weighted by molar-refractivity contribution is 0.154. The highest BCUT2D eigenvalue weighted by Gasteiger charge is 2.24. The minimum absolute atomic E-state index is 0.153. The van der Waals surface area contributed by atoms with Crippen molar-refractivity contribution in [1.82, 2.24) is 4.90 Å². The van der Waals surface area contributed by atoms with E-state index in [9.17, 15) is 9.90 Å². The van der Waals surface area contributed by atoms with Crippen LogP contribution in [0.3, 0.4) is 0 Å². The van der Waals surface area contributed by atoms with Gasteiger partial charge in [0.15, 0.2) is 0 Å². The van der Waals surface area contributed by atoms with E-state index < -0.39 is 0 Å². The van der Waals surface area contributed by atoms with Crippen LogP contribution in [0.25, 0.3) is 11.0 Å². The SMILES string of the molecule is CCc1cc2oc(=O)cc(CN3CCC[C@@H]3CO)c2cc1Cl. The van der Waals surface area contributed by atoms with Crippen LogP contribution in [-0.2, 0) is 13.0 Å². The maximum absolute atomic E-state index is 11.8. The highest BCUT2D eigenvalue weighted by atomic mass is 35.5. The van der Waals surface area contributed by atoms with Crippen molar-refractivity contribution < 1.29 is 9.52 Å². The van der Waals surface area contributed by atoms with Crippen molar-refractivity contribution in [2.24, 2.45) is 0 Å². The van der Waals surface area contributed by atoms with E-state index in [0.29, 0.717) is 17.2 Å². The molecule has 4 nitrogen and oxygen atoms in total. The Bertz CT molecular complexity index is 740. The minimum Gasteiger partial charge on any atom is -0.423 e. The Labute approximate surface area is 134 Å². The molecule has 5 heteroatoms. The minimum atomic E-state index is -0.341. The molecule has 0 unspecified atom stereocenters. The number of likely N-dealkylation sites (tertiary alicyclic amines) is 1. The van der Waals surface area contributed by atoms with Gasteiger partial charge in [-0.15, -0.1) is 0 Å². The summed E-state index contributed by atoms with van der Waals surface area (Å²) in [4.78, 5) is 14.1. The van der Waals surface area contributed by atoms with E-state index in [0.717, 1.165) is 42.3 Å². The third kappa shape index (κ3) is 2.91. The lowest BCUT2D eigenvalue weighted by atomic mass is 10.1. The van der Waals surface area contributed by atoms with Crippen LogP contribution in [0.2, 0.25) is 5.02 Å². The van der Waals surface area contributed by atoms with Gasteiger partial charge in [0.2, 0.25) is 0 Å². The van der Waals surface area contributed by atoms with Crippen LogP contribution >= 0.6 is 11.6 Å². The number of fused-ring (bicyclic) bond motifs is 1. The number of hydrogen-bond acceptors (Lipinski definition) is 4. The fourth-order valence-electron chi connectivity index (χ4n) is 3.22. The number of halogens is 1. The number of aliphatic hydroxyl groups excluding tert-OH is 1. The number of hydrogen-bond donors (Lipinski definition) is 1. The van der Waals surface area contributed by atoms with Crippen molar-refractivity contribution in [3.05, 3.63) is 44.8 Å². The molecule has 0 aliphatic carbocycles. The summed E-state index contributed by atoms with van der Waals surface area (Å²) >= 11 is 6.31. The molecule has 118 valence electrons. The molecular formula is C17H20ClNO3. The first kappa shape index (κ1) is 15.5. The summed E-state index contributed by atoms with van der Waals surface area (Å²) in [6, 6.07) is 5.46. The zero-order valence-corrected chi connectivity index (χ0v) is 13.4. The van der Waals surface area contributed by atoms with Gasteiger partial charge in [-0.1, -0.05) is 18.5 Å². The summed E-state index contributed by atoms with van der Waals surface area (Å²) in [7, 11) is 0. The first-order chi connectivity index (χ1) is 10.6. The Balaban J connectivity index is 2.05. The average molecular weight is 322 g/mol. The van der Waals surface area contributed by atoms with Gasteiger partial charge >= 0.3 is 5.63 Å². The van der Waals surface area contributed by atoms with Crippen molar-refractivity contribution in [2.45, 2.75) is 38.8 Å². The predicted molar refractivity (Wildman–Crippen MR) is 87.4 cm³/mol. The number of aliphatic hydroxyl groups is 1. The zero-order chi connectivity index (χ0) is 15.7. The Morgan fingerprint density at radius 1 is 1.36 bits per heavy atom. The zero-order valence-electron chi connectivity index (χ0n) is 12.6. The molecule has 0 radical (unpaired) electrons. The highest BCUT2D eigenvalue weighted by molar-refractivity contribution is 6.32. The molecule has 2 aromatic rings. The third-order valence-electron chi connectivity index (χ3n) is 4.46. The molecule has 1 aromatic heterocycles. The molecule has 1 fully saturated rings. The third-order valence-corrected chi connectivity index (χ3v) is 4.81. The maximum atomic E-state index is 11.8. The Morgan fingerprint density at radius 3 is 2.91 bits per heavy atom. The molecule has 0 spiro atoms. The van der Waals surface area contributed by atoms with Gasteiger partial charge in [0, 0.05) is 29.1 Å². The fourth-order valence-corrected chi connectivity index (χ4v) is 3.52. The summed E-state index contributed by atoms with van der Waals surface area (Å²) in [5.74, 6) is 0. The van der Waals surface area contributed by atoms with Gasteiger partial charge in [-0.05, 0) is 49.1 Å². The van der Waals surface area contributed by atoms with Crippen molar-refractivity contribution in [1.29, 1.82) is 0 Å². The molecule has 2 heterocycles. The van der Waals surface area contributed by atoms with E-state index in [1.165, 1.54) is 6.07 Å². The van der Waals surface area contributed by atoms with E-state index in [1.54, 1.807) is 0 Å². The summed E-state index contributed by atoms with van der Waals surface area (Å²) in [5.41, 5.74) is 2.13. The van der Waals surface area contributed by atoms with Crippen molar-refractivity contribution in [3.8, 4) is 0 Å². The van der Waals surface area contributed by atoms with Crippen LogP contribution in [0.1, 0.15) is 30.9 Å². The van der Waals surface area contributed by atoms with Gasteiger partial charge in [0.05, 0.1) is 6.61 Å². The molecule has 22 heavy (non-hydrogen) atoms. The van der Waals surface area contributed by atoms with Gasteiger partial charge in [0.25, 0.3) is 0 Å². The first-order valence-electron chi connectivity index (χ1n) is 7.72. The lowest BCUT2D eigenvalue weighted by Crippen LogP contribution is -2.31. The standard InChI is InChI=1S/C17H20ClNO3/c1-2-11-6-16-14(8-15(11)18)12(7-17(21)22-16)9-19-5-3-4-13(19)10-20/h6-8,13,20H,2-5,9-10H2,1H3/t13-/m1/s1. The monoisotopic (exact) mass is 321 g/mol. The largest absolute Gasteiger partial charge is 0.423 e. The molecule has 3 rings (SSSR count). The Hall–Kier alpha value is -1.36. The smallest absolute Gasteiger partial charge is 0.336 e. The number of rotatable bonds is 4. The van der Waals surface area contributed by atoms with Gasteiger partial charge in [-0.25, -0.2) is 4.79 Å². The second-order valence-electron chi connectivity index (χ2n) is 5.83. The number of benzene rings is 1. The topological polar surface area (TPSA) is 53.7 Å². The Morgan fingerprint density at radius 2 is 2.18 bits per heavy atom. The van der Waals surface area contributed by atoms with Gasteiger partial charge < -0.3 is 9.52 Å². The van der Waals surface area contributed by atoms with Crippen LogP contribution in [-0.4, -0.2) is 29.2 Å². The first-order valence-corrected chi connectivity index (χ1v) is 8.10. The van der Waals surface area contributed by atoms with Crippen LogP contribution in [0.4, 0.5) is 0 Å². The van der Waals surface area contributed by atoms with Crippen molar-refractivity contribution >= 4 is 22.6 Å². The van der Waals surface area contributed by atoms with Gasteiger partial charge in [0.1, 0.15) is 5.58 Å². The van der Waals surface area contributed by atoms with Crippen LogP contribution in [0.5, 0.6) is 0 Å². The second kappa shape index (κ2) is 6.41. The highest BCUT2D eigenvalue weighted by Crippen LogP contribution is 2.28. The molecule has 1 aliphatic rings. The number of aryl methyl sites for hydroxylation is 1. The Kier molecular flexibility index (Phi) is 4.52. The average Bonchev–Trinajstić information content (AvgIpc) is 2.94. The van der Waals surface area contributed by atoms with Crippen LogP contribution in [0, 0.1) is 0 Å². The van der Waals surface area contributed by atoms with Gasteiger partial charge in [-0.2, -0.15) is 0 Å². The van der Waals surface area contributed by atoms with E-state index in [2.05, 4.69) is 4.90 Å². The lowest BCUT2D eigenvalue weighted by Gasteiger charge is -2.23. The molecule has 0 amide bonds. The van der Waals surface area contributed by atoms with Crippen molar-refractivity contribution in [2.75, 3.05) is 13.2 Å². The van der Waals surface area contributed by atoms with E-state index in [-0.39, 0.29) is 18.3 Å². The fraction of sp³-hybridized carbons (Fsp3) is 0.471. The maximum Gasteiger partial charge on any atom is 0.336 e. The summed E-state index contributed by atoms with van der Waals surface area (Å²) < 4.78 is 5.34. The van der Waals surface area contributed by atoms with Crippen molar-refractivity contribution in [3.63, 3.8) is 0 Å². The molecule has 1 N–H and O–H groups in total. The normalized spacial score (nSPS) is 19.1. The molecule has 1 aliphatic heterocycles.